The van der Waals surface area contributed by atoms with Crippen LogP contribution >= 0.6 is 0 Å². The van der Waals surface area contributed by atoms with Gasteiger partial charge in [-0.1, -0.05) is 13.0 Å². The van der Waals surface area contributed by atoms with Gasteiger partial charge in [0, 0.05) is 12.6 Å². The molecule has 0 bridgehead atoms. The Morgan fingerprint density at radius 3 is 2.67 bits per heavy atom. The standard InChI is InChI=1S/C17H25N5O2/c1-5-12(2)20-17-21-16(11-19-22-17)18-9-8-13-6-7-14(23-3)15(10-13)24-4/h6-7,10-12H,5,8-9H2,1-4H3,(H2,18,20,21,22). The van der Waals surface area contributed by atoms with Gasteiger partial charge < -0.3 is 20.1 Å². The molecular formula is C17H25N5O2. The van der Waals surface area contributed by atoms with Crippen LogP contribution in [-0.4, -0.2) is 42.0 Å². The molecule has 0 saturated heterocycles. The molecule has 0 aliphatic heterocycles. The maximum Gasteiger partial charge on any atom is 0.244 e. The van der Waals surface area contributed by atoms with Gasteiger partial charge in [0.05, 0.1) is 20.4 Å². The summed E-state index contributed by atoms with van der Waals surface area (Å²) in [6.07, 6.45) is 3.45. The molecule has 2 rings (SSSR count). The number of methoxy groups -OCH3 is 2. The lowest BCUT2D eigenvalue weighted by molar-refractivity contribution is 0.354. The summed E-state index contributed by atoms with van der Waals surface area (Å²) in [6, 6.07) is 6.23. The summed E-state index contributed by atoms with van der Waals surface area (Å²) in [6.45, 7) is 4.92. The number of nitrogens with one attached hydrogen (secondary N) is 2. The first kappa shape index (κ1) is 17.8. The minimum absolute atomic E-state index is 0.314. The van der Waals surface area contributed by atoms with E-state index in [2.05, 4.69) is 39.7 Å². The molecule has 24 heavy (non-hydrogen) atoms. The van der Waals surface area contributed by atoms with Crippen molar-refractivity contribution in [1.29, 1.82) is 0 Å². The van der Waals surface area contributed by atoms with Crippen LogP contribution in [0.4, 0.5) is 11.8 Å². The second kappa shape index (κ2) is 8.90. The normalized spacial score (nSPS) is 11.7. The van der Waals surface area contributed by atoms with Crippen LogP contribution in [0.5, 0.6) is 11.5 Å². The van der Waals surface area contributed by atoms with Crippen molar-refractivity contribution in [3.05, 3.63) is 30.0 Å². The molecule has 1 heterocycles. The monoisotopic (exact) mass is 331 g/mol. The molecule has 2 aromatic rings. The van der Waals surface area contributed by atoms with Crippen LogP contribution in [0.1, 0.15) is 25.8 Å². The fourth-order valence-corrected chi connectivity index (χ4v) is 2.14. The third-order valence-electron chi connectivity index (χ3n) is 3.71. The van der Waals surface area contributed by atoms with Gasteiger partial charge in [-0.3, -0.25) is 0 Å². The van der Waals surface area contributed by atoms with Crippen LogP contribution in [0.25, 0.3) is 0 Å². The van der Waals surface area contributed by atoms with Gasteiger partial charge in [0.25, 0.3) is 0 Å². The zero-order chi connectivity index (χ0) is 17.4. The Morgan fingerprint density at radius 1 is 1.17 bits per heavy atom. The fourth-order valence-electron chi connectivity index (χ4n) is 2.14. The summed E-state index contributed by atoms with van der Waals surface area (Å²) >= 11 is 0. The number of benzene rings is 1. The van der Waals surface area contributed by atoms with Crippen molar-refractivity contribution in [3.8, 4) is 11.5 Å². The molecule has 1 aromatic carbocycles. The minimum Gasteiger partial charge on any atom is -0.493 e. The molecule has 0 aliphatic rings. The highest BCUT2D eigenvalue weighted by atomic mass is 16.5. The van der Waals surface area contributed by atoms with E-state index in [0.29, 0.717) is 17.8 Å². The summed E-state index contributed by atoms with van der Waals surface area (Å²) in [4.78, 5) is 4.41. The second-order valence-electron chi connectivity index (χ2n) is 5.48. The van der Waals surface area contributed by atoms with E-state index in [1.165, 1.54) is 0 Å². The first-order chi connectivity index (χ1) is 11.7. The average Bonchev–Trinajstić information content (AvgIpc) is 2.61. The Labute approximate surface area is 142 Å². The average molecular weight is 331 g/mol. The molecule has 0 radical (unpaired) electrons. The van der Waals surface area contributed by atoms with Crippen molar-refractivity contribution in [2.24, 2.45) is 0 Å². The van der Waals surface area contributed by atoms with E-state index < -0.39 is 0 Å². The number of rotatable bonds is 9. The number of hydrogen-bond acceptors (Lipinski definition) is 7. The molecular weight excluding hydrogens is 306 g/mol. The Kier molecular flexibility index (Phi) is 6.60. The summed E-state index contributed by atoms with van der Waals surface area (Å²) < 4.78 is 10.6. The van der Waals surface area contributed by atoms with Gasteiger partial charge in [-0.15, -0.1) is 5.10 Å². The summed E-state index contributed by atoms with van der Waals surface area (Å²) in [7, 11) is 3.27. The zero-order valence-electron chi connectivity index (χ0n) is 14.7. The third-order valence-corrected chi connectivity index (χ3v) is 3.71. The van der Waals surface area contributed by atoms with E-state index in [4.69, 9.17) is 9.47 Å². The molecule has 0 saturated carbocycles. The molecule has 0 amide bonds. The molecule has 1 unspecified atom stereocenters. The largest absolute Gasteiger partial charge is 0.493 e. The molecule has 130 valence electrons. The molecule has 0 fully saturated rings. The van der Waals surface area contributed by atoms with E-state index >= 15 is 0 Å². The molecule has 7 nitrogen and oxygen atoms in total. The maximum atomic E-state index is 5.32. The Morgan fingerprint density at radius 2 is 1.96 bits per heavy atom. The van der Waals surface area contributed by atoms with Gasteiger partial charge in [0.2, 0.25) is 5.95 Å². The SMILES string of the molecule is CCC(C)Nc1nncc(NCCc2ccc(OC)c(OC)c2)n1. The zero-order valence-corrected chi connectivity index (χ0v) is 14.7. The number of hydrogen-bond donors (Lipinski definition) is 2. The highest BCUT2D eigenvalue weighted by Crippen LogP contribution is 2.27. The summed E-state index contributed by atoms with van der Waals surface area (Å²) in [5, 5.41) is 14.4. The van der Waals surface area contributed by atoms with Gasteiger partial charge >= 0.3 is 0 Å². The quantitative estimate of drug-likeness (QED) is 0.731. The van der Waals surface area contributed by atoms with Crippen LogP contribution in [0.2, 0.25) is 0 Å². The number of anilines is 2. The van der Waals surface area contributed by atoms with Crippen molar-refractivity contribution in [1.82, 2.24) is 15.2 Å². The van der Waals surface area contributed by atoms with E-state index in [1.807, 2.05) is 18.2 Å². The third kappa shape index (κ3) is 4.97. The minimum atomic E-state index is 0.314. The lowest BCUT2D eigenvalue weighted by Gasteiger charge is -2.12. The van der Waals surface area contributed by atoms with Gasteiger partial charge in [-0.05, 0) is 37.5 Å². The van der Waals surface area contributed by atoms with Crippen LogP contribution < -0.4 is 20.1 Å². The van der Waals surface area contributed by atoms with Crippen molar-refractivity contribution in [2.45, 2.75) is 32.7 Å². The second-order valence-corrected chi connectivity index (χ2v) is 5.48. The Balaban J connectivity index is 1.91. The topological polar surface area (TPSA) is 81.2 Å². The first-order valence-electron chi connectivity index (χ1n) is 8.07. The van der Waals surface area contributed by atoms with Gasteiger partial charge in [0.1, 0.15) is 0 Å². The highest BCUT2D eigenvalue weighted by molar-refractivity contribution is 5.43. The molecule has 1 aromatic heterocycles. The number of ether oxygens (including phenoxy) is 2. The van der Waals surface area contributed by atoms with Crippen LogP contribution in [0.15, 0.2) is 24.4 Å². The van der Waals surface area contributed by atoms with Gasteiger partial charge in [-0.2, -0.15) is 10.1 Å². The van der Waals surface area contributed by atoms with Crippen molar-refractivity contribution >= 4 is 11.8 Å². The maximum absolute atomic E-state index is 5.32. The number of nitrogens with zero attached hydrogens (tertiary/aromatic N) is 3. The van der Waals surface area contributed by atoms with Gasteiger partial charge in [-0.25, -0.2) is 0 Å². The van der Waals surface area contributed by atoms with Crippen LogP contribution in [0.3, 0.4) is 0 Å². The predicted molar refractivity (Wildman–Crippen MR) is 94.9 cm³/mol. The lowest BCUT2D eigenvalue weighted by atomic mass is 10.1. The first-order valence-corrected chi connectivity index (χ1v) is 8.07. The van der Waals surface area contributed by atoms with Crippen molar-refractivity contribution in [3.63, 3.8) is 0 Å². The van der Waals surface area contributed by atoms with E-state index in [-0.39, 0.29) is 0 Å². The molecule has 0 aliphatic carbocycles. The Hall–Kier alpha value is -2.57. The lowest BCUT2D eigenvalue weighted by Crippen LogP contribution is -2.17. The molecule has 0 spiro atoms. The highest BCUT2D eigenvalue weighted by Gasteiger charge is 2.06. The van der Waals surface area contributed by atoms with E-state index in [1.54, 1.807) is 20.4 Å². The smallest absolute Gasteiger partial charge is 0.244 e. The summed E-state index contributed by atoms with van der Waals surface area (Å²) in [5.41, 5.74) is 1.15. The number of aromatic nitrogens is 3. The van der Waals surface area contributed by atoms with Crippen molar-refractivity contribution < 1.29 is 9.47 Å². The van der Waals surface area contributed by atoms with Crippen LogP contribution in [-0.2, 0) is 6.42 Å². The fraction of sp³-hybridized carbons (Fsp3) is 0.471. The molecule has 7 heteroatoms. The predicted octanol–water partition coefficient (Wildman–Crippen LogP) is 2.75. The van der Waals surface area contributed by atoms with Crippen molar-refractivity contribution in [2.75, 3.05) is 31.4 Å². The van der Waals surface area contributed by atoms with E-state index in [0.717, 1.165) is 36.4 Å². The summed E-state index contributed by atoms with van der Waals surface area (Å²) in [5.74, 6) is 2.71. The Bertz CT molecular complexity index is 651. The van der Waals surface area contributed by atoms with Gasteiger partial charge in [0.15, 0.2) is 17.3 Å². The molecule has 2 N–H and O–H groups in total. The van der Waals surface area contributed by atoms with Crippen LogP contribution in [0, 0.1) is 0 Å². The molecule has 1 atom stereocenters. The van der Waals surface area contributed by atoms with E-state index in [9.17, 15) is 0 Å².